The van der Waals surface area contributed by atoms with Crippen LogP contribution in [0.15, 0.2) is 18.2 Å². The van der Waals surface area contributed by atoms with Crippen molar-refractivity contribution in [3.63, 3.8) is 0 Å². The summed E-state index contributed by atoms with van der Waals surface area (Å²) in [5, 5.41) is 0. The predicted molar refractivity (Wildman–Crippen MR) is 79.2 cm³/mol. The fourth-order valence-electron chi connectivity index (χ4n) is 3.08. The van der Waals surface area contributed by atoms with E-state index in [1.165, 1.54) is 31.3 Å². The van der Waals surface area contributed by atoms with E-state index < -0.39 is 0 Å². The zero-order valence-corrected chi connectivity index (χ0v) is 11.8. The molecule has 1 aromatic heterocycles. The van der Waals surface area contributed by atoms with Crippen molar-refractivity contribution in [2.75, 3.05) is 19.3 Å². The van der Waals surface area contributed by atoms with Gasteiger partial charge in [0, 0.05) is 18.3 Å². The number of rotatable bonds is 2. The second-order valence-corrected chi connectivity index (χ2v) is 5.65. The van der Waals surface area contributed by atoms with Gasteiger partial charge in [-0.25, -0.2) is 4.98 Å². The Bertz CT molecular complexity index is 587. The number of nitrogen functional groups attached to an aromatic ring is 1. The summed E-state index contributed by atoms with van der Waals surface area (Å²) in [6.07, 6.45) is 3.95. The van der Waals surface area contributed by atoms with Gasteiger partial charge >= 0.3 is 0 Å². The Morgan fingerprint density at radius 2 is 2.21 bits per heavy atom. The van der Waals surface area contributed by atoms with Gasteiger partial charge in [0.1, 0.15) is 5.82 Å². The first-order valence-electron chi connectivity index (χ1n) is 7.08. The van der Waals surface area contributed by atoms with Crippen LogP contribution in [-0.4, -0.2) is 34.1 Å². The molecule has 1 unspecified atom stereocenters. The van der Waals surface area contributed by atoms with Crippen LogP contribution in [0, 0.1) is 6.92 Å². The normalized spacial score (nSPS) is 21.1. The number of piperidine rings is 1. The molecule has 0 bridgehead atoms. The van der Waals surface area contributed by atoms with E-state index in [0.29, 0.717) is 6.04 Å². The topological polar surface area (TPSA) is 47.1 Å². The summed E-state index contributed by atoms with van der Waals surface area (Å²) in [4.78, 5) is 7.11. The molecule has 1 aliphatic rings. The van der Waals surface area contributed by atoms with Crippen molar-refractivity contribution in [2.45, 2.75) is 38.8 Å². The average Bonchev–Trinajstić information content (AvgIpc) is 2.68. The molecule has 2 aromatic rings. The third-order valence-electron chi connectivity index (χ3n) is 4.28. The quantitative estimate of drug-likeness (QED) is 0.841. The SMILES string of the molecule is Cc1nc2cc(N)ccc2n1CC1CCCCN1C. The van der Waals surface area contributed by atoms with Gasteiger partial charge in [-0.2, -0.15) is 0 Å². The molecule has 0 spiro atoms. The smallest absolute Gasteiger partial charge is 0.106 e. The number of aryl methyl sites for hydroxylation is 1. The van der Waals surface area contributed by atoms with Gasteiger partial charge in [-0.1, -0.05) is 6.42 Å². The average molecular weight is 258 g/mol. The fourth-order valence-corrected chi connectivity index (χ4v) is 3.08. The maximum Gasteiger partial charge on any atom is 0.106 e. The molecule has 3 rings (SSSR count). The minimum absolute atomic E-state index is 0.627. The first kappa shape index (κ1) is 12.5. The van der Waals surface area contributed by atoms with E-state index in [1.54, 1.807) is 0 Å². The highest BCUT2D eigenvalue weighted by molar-refractivity contribution is 5.79. The first-order valence-corrected chi connectivity index (χ1v) is 7.08. The molecular weight excluding hydrogens is 236 g/mol. The van der Waals surface area contributed by atoms with Gasteiger partial charge in [0.25, 0.3) is 0 Å². The molecule has 2 heterocycles. The van der Waals surface area contributed by atoms with E-state index in [-0.39, 0.29) is 0 Å². The van der Waals surface area contributed by atoms with Crippen LogP contribution in [0.5, 0.6) is 0 Å². The van der Waals surface area contributed by atoms with Crippen LogP contribution >= 0.6 is 0 Å². The van der Waals surface area contributed by atoms with Crippen molar-refractivity contribution in [3.05, 3.63) is 24.0 Å². The Kier molecular flexibility index (Phi) is 3.19. The van der Waals surface area contributed by atoms with E-state index >= 15 is 0 Å². The molecule has 0 amide bonds. The highest BCUT2D eigenvalue weighted by atomic mass is 15.2. The molecule has 0 aliphatic carbocycles. The second-order valence-electron chi connectivity index (χ2n) is 5.65. The lowest BCUT2D eigenvalue weighted by atomic mass is 10.0. The van der Waals surface area contributed by atoms with Crippen LogP contribution < -0.4 is 5.73 Å². The number of nitrogens with two attached hydrogens (primary N) is 1. The number of hydrogen-bond donors (Lipinski definition) is 1. The summed E-state index contributed by atoms with van der Waals surface area (Å²) in [7, 11) is 2.23. The maximum absolute atomic E-state index is 5.83. The van der Waals surface area contributed by atoms with Crippen LogP contribution in [0.4, 0.5) is 5.69 Å². The Morgan fingerprint density at radius 3 is 3.00 bits per heavy atom. The van der Waals surface area contributed by atoms with Crippen LogP contribution in [0.3, 0.4) is 0 Å². The lowest BCUT2D eigenvalue weighted by Gasteiger charge is -2.33. The van der Waals surface area contributed by atoms with Crippen LogP contribution in [0.2, 0.25) is 0 Å². The van der Waals surface area contributed by atoms with Crippen molar-refractivity contribution >= 4 is 16.7 Å². The third kappa shape index (κ3) is 2.32. The number of fused-ring (bicyclic) bond motifs is 1. The Hall–Kier alpha value is -1.55. The van der Waals surface area contributed by atoms with Crippen LogP contribution in [-0.2, 0) is 6.54 Å². The molecular formula is C15H22N4. The molecule has 19 heavy (non-hydrogen) atoms. The fraction of sp³-hybridized carbons (Fsp3) is 0.533. The summed E-state index contributed by atoms with van der Waals surface area (Å²) in [6, 6.07) is 6.64. The zero-order valence-electron chi connectivity index (χ0n) is 11.8. The molecule has 0 radical (unpaired) electrons. The largest absolute Gasteiger partial charge is 0.399 e. The summed E-state index contributed by atoms with van der Waals surface area (Å²) < 4.78 is 2.33. The minimum Gasteiger partial charge on any atom is -0.399 e. The van der Waals surface area contributed by atoms with E-state index in [1.807, 2.05) is 12.1 Å². The molecule has 0 saturated carbocycles. The van der Waals surface area contributed by atoms with Gasteiger partial charge in [-0.15, -0.1) is 0 Å². The summed E-state index contributed by atoms with van der Waals surface area (Å²) in [6.45, 7) is 4.32. The van der Waals surface area contributed by atoms with Gasteiger partial charge in [0.15, 0.2) is 0 Å². The number of likely N-dealkylation sites (N-methyl/N-ethyl adjacent to an activating group) is 1. The summed E-state index contributed by atoms with van der Waals surface area (Å²) >= 11 is 0. The van der Waals surface area contributed by atoms with Crippen LogP contribution in [0.25, 0.3) is 11.0 Å². The van der Waals surface area contributed by atoms with Crippen molar-refractivity contribution in [2.24, 2.45) is 0 Å². The predicted octanol–water partition coefficient (Wildman–Crippen LogP) is 2.41. The number of imidazole rings is 1. The third-order valence-corrected chi connectivity index (χ3v) is 4.28. The Balaban J connectivity index is 1.93. The van der Waals surface area contributed by atoms with Crippen molar-refractivity contribution < 1.29 is 0 Å². The van der Waals surface area contributed by atoms with Gasteiger partial charge < -0.3 is 15.2 Å². The van der Waals surface area contributed by atoms with Gasteiger partial charge in [-0.05, 0) is 51.6 Å². The van der Waals surface area contributed by atoms with E-state index in [9.17, 15) is 0 Å². The number of hydrogen-bond acceptors (Lipinski definition) is 3. The van der Waals surface area contributed by atoms with E-state index in [2.05, 4.69) is 34.5 Å². The Labute approximate surface area is 114 Å². The number of likely N-dealkylation sites (tertiary alicyclic amines) is 1. The summed E-state index contributed by atoms with van der Waals surface area (Å²) in [5.74, 6) is 1.08. The zero-order chi connectivity index (χ0) is 13.4. The molecule has 102 valence electrons. The molecule has 1 aromatic carbocycles. The molecule has 4 nitrogen and oxygen atoms in total. The van der Waals surface area contributed by atoms with Gasteiger partial charge in [0.2, 0.25) is 0 Å². The monoisotopic (exact) mass is 258 g/mol. The highest BCUT2D eigenvalue weighted by Gasteiger charge is 2.20. The molecule has 1 aliphatic heterocycles. The van der Waals surface area contributed by atoms with Crippen molar-refractivity contribution in [1.82, 2.24) is 14.5 Å². The summed E-state index contributed by atoms with van der Waals surface area (Å²) in [5.41, 5.74) is 8.83. The Morgan fingerprint density at radius 1 is 1.37 bits per heavy atom. The minimum atomic E-state index is 0.627. The highest BCUT2D eigenvalue weighted by Crippen LogP contribution is 2.22. The van der Waals surface area contributed by atoms with Gasteiger partial charge in [0.05, 0.1) is 11.0 Å². The molecule has 1 saturated heterocycles. The van der Waals surface area contributed by atoms with Gasteiger partial charge in [-0.3, -0.25) is 0 Å². The molecule has 1 fully saturated rings. The first-order chi connectivity index (χ1) is 9.15. The number of anilines is 1. The van der Waals surface area contributed by atoms with Crippen LogP contribution in [0.1, 0.15) is 25.1 Å². The molecule has 4 heteroatoms. The second kappa shape index (κ2) is 4.85. The van der Waals surface area contributed by atoms with Crippen molar-refractivity contribution in [1.29, 1.82) is 0 Å². The van der Waals surface area contributed by atoms with E-state index in [4.69, 9.17) is 5.73 Å². The number of aromatic nitrogens is 2. The van der Waals surface area contributed by atoms with E-state index in [0.717, 1.165) is 23.6 Å². The van der Waals surface area contributed by atoms with Crippen molar-refractivity contribution in [3.8, 4) is 0 Å². The lowest BCUT2D eigenvalue weighted by molar-refractivity contribution is 0.168. The number of benzene rings is 1. The molecule has 1 atom stereocenters. The molecule has 2 N–H and O–H groups in total. The number of nitrogens with zero attached hydrogens (tertiary/aromatic N) is 3. The standard InChI is InChI=1S/C15H22N4/c1-11-17-14-9-12(16)6-7-15(14)19(11)10-13-5-3-4-8-18(13)2/h6-7,9,13H,3-5,8,10,16H2,1-2H3. The maximum atomic E-state index is 5.83. The lowest BCUT2D eigenvalue weighted by Crippen LogP contribution is -2.39.